The molecule has 0 aliphatic rings. The quantitative estimate of drug-likeness (QED) is 0.332. The van der Waals surface area contributed by atoms with Crippen LogP contribution in [0.25, 0.3) is 10.1 Å². The zero-order valence-electron chi connectivity index (χ0n) is 16.0. The number of thiophene rings is 1. The van der Waals surface area contributed by atoms with Crippen LogP contribution in [0.4, 0.5) is 11.4 Å². The Hall–Kier alpha value is -2.96. The summed E-state index contributed by atoms with van der Waals surface area (Å²) in [6.45, 7) is 0. The molecule has 0 unspecified atom stereocenters. The van der Waals surface area contributed by atoms with Gasteiger partial charge >= 0.3 is 0 Å². The highest BCUT2D eigenvalue weighted by atomic mass is 79.9. The van der Waals surface area contributed by atoms with E-state index < -0.39 is 0 Å². The summed E-state index contributed by atoms with van der Waals surface area (Å²) < 4.78 is 1.87. The molecular weight excluding hydrogens is 460 g/mol. The Morgan fingerprint density at radius 1 is 0.800 bits per heavy atom. The number of hydrogen-bond acceptors (Lipinski definition) is 3. The third-order valence-electron chi connectivity index (χ3n) is 4.65. The minimum Gasteiger partial charge on any atom is -0.326 e. The highest BCUT2D eigenvalue weighted by molar-refractivity contribution is 9.10. The van der Waals surface area contributed by atoms with Crippen molar-refractivity contribution < 1.29 is 9.59 Å². The van der Waals surface area contributed by atoms with Crippen LogP contribution in [0.2, 0.25) is 0 Å². The lowest BCUT2D eigenvalue weighted by Crippen LogP contribution is -2.13. The summed E-state index contributed by atoms with van der Waals surface area (Å²) in [4.78, 5) is 25.5. The second-order valence-electron chi connectivity index (χ2n) is 6.81. The molecule has 2 amide bonds. The van der Waals surface area contributed by atoms with Crippen molar-refractivity contribution >= 4 is 60.5 Å². The fraction of sp³-hybridized carbons (Fsp3) is 0.0833. The maximum Gasteiger partial charge on any atom is 0.266 e. The van der Waals surface area contributed by atoms with Gasteiger partial charge in [-0.15, -0.1) is 11.3 Å². The van der Waals surface area contributed by atoms with Crippen LogP contribution in [-0.2, 0) is 11.2 Å². The molecule has 30 heavy (non-hydrogen) atoms. The number of rotatable bonds is 6. The van der Waals surface area contributed by atoms with E-state index in [4.69, 9.17) is 0 Å². The number of halogens is 1. The number of benzene rings is 3. The molecule has 0 bridgehead atoms. The first-order valence-corrected chi connectivity index (χ1v) is 11.1. The number of amides is 2. The summed E-state index contributed by atoms with van der Waals surface area (Å²) >= 11 is 4.99. The van der Waals surface area contributed by atoms with Crippen molar-refractivity contribution in [2.24, 2.45) is 0 Å². The molecule has 0 radical (unpaired) electrons. The first-order chi connectivity index (χ1) is 14.6. The molecule has 0 fully saturated rings. The molecule has 0 aliphatic heterocycles. The molecule has 0 saturated heterocycles. The highest BCUT2D eigenvalue weighted by Crippen LogP contribution is 2.35. The summed E-state index contributed by atoms with van der Waals surface area (Å²) in [6.07, 6.45) is 1.12. The van der Waals surface area contributed by atoms with Gasteiger partial charge in [0.15, 0.2) is 0 Å². The maximum atomic E-state index is 12.7. The van der Waals surface area contributed by atoms with Gasteiger partial charge in [0, 0.05) is 32.4 Å². The minimum absolute atomic E-state index is 0.0372. The Morgan fingerprint density at radius 2 is 1.43 bits per heavy atom. The van der Waals surface area contributed by atoms with Crippen LogP contribution in [0.1, 0.15) is 21.7 Å². The van der Waals surface area contributed by atoms with E-state index in [1.165, 1.54) is 11.3 Å². The van der Waals surface area contributed by atoms with Gasteiger partial charge in [-0.3, -0.25) is 9.59 Å². The van der Waals surface area contributed by atoms with Gasteiger partial charge in [0.2, 0.25) is 5.91 Å². The molecule has 0 aliphatic carbocycles. The Balaban J connectivity index is 1.35. The van der Waals surface area contributed by atoms with Gasteiger partial charge in [0.25, 0.3) is 5.91 Å². The van der Waals surface area contributed by atoms with Crippen LogP contribution in [0.15, 0.2) is 83.3 Å². The van der Waals surface area contributed by atoms with Crippen LogP contribution in [-0.4, -0.2) is 11.8 Å². The molecule has 3 aromatic carbocycles. The highest BCUT2D eigenvalue weighted by Gasteiger charge is 2.16. The van der Waals surface area contributed by atoms with Crippen LogP contribution in [0.5, 0.6) is 0 Å². The fourth-order valence-corrected chi connectivity index (χ4v) is 5.00. The van der Waals surface area contributed by atoms with Gasteiger partial charge in [0.05, 0.1) is 0 Å². The normalized spacial score (nSPS) is 10.7. The van der Waals surface area contributed by atoms with Crippen molar-refractivity contribution in [1.29, 1.82) is 0 Å². The predicted molar refractivity (Wildman–Crippen MR) is 127 cm³/mol. The number of hydrogen-bond donors (Lipinski definition) is 2. The molecule has 6 heteroatoms. The number of carbonyl (C=O) groups is 2. The molecule has 1 aromatic heterocycles. The standard InChI is InChI=1S/C24H19BrN2O2S/c25-22-19-8-4-5-9-20(19)30-23(22)24(29)27-18-13-11-17(12-14-18)26-21(28)15-10-16-6-2-1-3-7-16/h1-9,11-14H,10,15H2,(H,26,28)(H,27,29). The van der Waals surface area contributed by atoms with Gasteiger partial charge < -0.3 is 10.6 Å². The third-order valence-corrected chi connectivity index (χ3v) is 6.91. The number of fused-ring (bicyclic) bond motifs is 1. The topological polar surface area (TPSA) is 58.2 Å². The van der Waals surface area contributed by atoms with Crippen LogP contribution in [0, 0.1) is 0 Å². The zero-order valence-corrected chi connectivity index (χ0v) is 18.4. The average Bonchev–Trinajstić information content (AvgIpc) is 3.11. The molecule has 4 rings (SSSR count). The number of nitrogens with one attached hydrogen (secondary N) is 2. The summed E-state index contributed by atoms with van der Waals surface area (Å²) in [6, 6.07) is 25.0. The number of aryl methyl sites for hydroxylation is 1. The lowest BCUT2D eigenvalue weighted by atomic mass is 10.1. The van der Waals surface area contributed by atoms with Gasteiger partial charge in [0.1, 0.15) is 4.88 Å². The van der Waals surface area contributed by atoms with Crippen LogP contribution in [0.3, 0.4) is 0 Å². The van der Waals surface area contributed by atoms with E-state index >= 15 is 0 Å². The van der Waals surface area contributed by atoms with Crippen molar-refractivity contribution in [3.05, 3.63) is 93.8 Å². The maximum absolute atomic E-state index is 12.7. The summed E-state index contributed by atoms with van der Waals surface area (Å²) in [5.41, 5.74) is 2.51. The van der Waals surface area contributed by atoms with Crippen molar-refractivity contribution in [3.8, 4) is 0 Å². The molecule has 0 spiro atoms. The number of carbonyl (C=O) groups excluding carboxylic acids is 2. The second-order valence-corrected chi connectivity index (χ2v) is 8.65. The molecule has 4 nitrogen and oxygen atoms in total. The van der Waals surface area contributed by atoms with Gasteiger partial charge in [-0.25, -0.2) is 0 Å². The van der Waals surface area contributed by atoms with Crippen molar-refractivity contribution in [3.63, 3.8) is 0 Å². The molecule has 4 aromatic rings. The van der Waals surface area contributed by atoms with E-state index in [2.05, 4.69) is 26.6 Å². The lowest BCUT2D eigenvalue weighted by molar-refractivity contribution is -0.116. The number of anilines is 2. The second kappa shape index (κ2) is 9.24. The SMILES string of the molecule is O=C(CCc1ccccc1)Nc1ccc(NC(=O)c2sc3ccccc3c2Br)cc1. The fourth-order valence-electron chi connectivity index (χ4n) is 3.11. The Morgan fingerprint density at radius 3 is 2.13 bits per heavy atom. The third kappa shape index (κ3) is 4.78. The summed E-state index contributed by atoms with van der Waals surface area (Å²) in [5.74, 6) is -0.201. The lowest BCUT2D eigenvalue weighted by Gasteiger charge is -2.08. The molecule has 150 valence electrons. The molecule has 2 N–H and O–H groups in total. The van der Waals surface area contributed by atoms with E-state index in [0.717, 1.165) is 20.1 Å². The monoisotopic (exact) mass is 478 g/mol. The van der Waals surface area contributed by atoms with E-state index in [-0.39, 0.29) is 11.8 Å². The first kappa shape index (κ1) is 20.3. The van der Waals surface area contributed by atoms with Gasteiger partial charge in [-0.05, 0) is 58.2 Å². The summed E-state index contributed by atoms with van der Waals surface area (Å²) in [7, 11) is 0. The van der Waals surface area contributed by atoms with E-state index in [0.29, 0.717) is 29.1 Å². The smallest absolute Gasteiger partial charge is 0.266 e. The van der Waals surface area contributed by atoms with Crippen LogP contribution < -0.4 is 10.6 Å². The van der Waals surface area contributed by atoms with E-state index in [1.807, 2.05) is 54.6 Å². The average molecular weight is 479 g/mol. The molecule has 1 heterocycles. The van der Waals surface area contributed by atoms with Crippen molar-refractivity contribution in [2.75, 3.05) is 10.6 Å². The Bertz CT molecular complexity index is 1190. The van der Waals surface area contributed by atoms with E-state index in [1.54, 1.807) is 24.3 Å². The first-order valence-electron chi connectivity index (χ1n) is 9.52. The minimum atomic E-state index is -0.164. The van der Waals surface area contributed by atoms with Crippen molar-refractivity contribution in [1.82, 2.24) is 0 Å². The van der Waals surface area contributed by atoms with Crippen LogP contribution >= 0.6 is 27.3 Å². The van der Waals surface area contributed by atoms with Gasteiger partial charge in [-0.1, -0.05) is 48.5 Å². The Labute approximate surface area is 187 Å². The van der Waals surface area contributed by atoms with Gasteiger partial charge in [-0.2, -0.15) is 0 Å². The predicted octanol–water partition coefficient (Wildman–Crippen LogP) is 6.49. The van der Waals surface area contributed by atoms with E-state index in [9.17, 15) is 9.59 Å². The zero-order chi connectivity index (χ0) is 20.9. The Kier molecular flexibility index (Phi) is 6.26. The van der Waals surface area contributed by atoms with Crippen molar-refractivity contribution in [2.45, 2.75) is 12.8 Å². The largest absolute Gasteiger partial charge is 0.326 e. The summed E-state index contributed by atoms with van der Waals surface area (Å²) in [5, 5.41) is 6.84. The molecular formula is C24H19BrN2O2S. The molecule has 0 atom stereocenters. The molecule has 0 saturated carbocycles.